The van der Waals surface area contributed by atoms with E-state index in [4.69, 9.17) is 5.26 Å². The molecule has 0 amide bonds. The summed E-state index contributed by atoms with van der Waals surface area (Å²) in [6.07, 6.45) is 4.87. The van der Waals surface area contributed by atoms with Gasteiger partial charge in [-0.1, -0.05) is 25.7 Å². The highest BCUT2D eigenvalue weighted by molar-refractivity contribution is 5.27. The summed E-state index contributed by atoms with van der Waals surface area (Å²) in [4.78, 5) is 4.30. The Bertz CT molecular complexity index is 216. The summed E-state index contributed by atoms with van der Waals surface area (Å²) in [6, 6.07) is 0. The van der Waals surface area contributed by atoms with Gasteiger partial charge in [-0.3, -0.25) is 5.26 Å². The van der Waals surface area contributed by atoms with Crippen LogP contribution in [0.1, 0.15) is 19.8 Å². The maximum absolute atomic E-state index is 9.28. The van der Waals surface area contributed by atoms with E-state index in [1.165, 1.54) is 0 Å². The van der Waals surface area contributed by atoms with Crippen LogP contribution in [0.15, 0.2) is 24.3 Å². The molecule has 3 nitrogen and oxygen atoms in total. The average molecular weight is 184 g/mol. The topological polar surface area (TPSA) is 49.7 Å². The molecule has 0 heterocycles. The first-order chi connectivity index (χ1) is 6.20. The molecule has 3 heteroatoms. The lowest BCUT2D eigenvalue weighted by Crippen LogP contribution is -2.34. The Labute approximate surface area is 78.3 Å². The van der Waals surface area contributed by atoms with Crippen molar-refractivity contribution in [1.82, 2.24) is 0 Å². The number of aliphatic hydroxyl groups excluding tert-OH is 1. The molecule has 74 valence electrons. The van der Waals surface area contributed by atoms with Gasteiger partial charge in [0.25, 0.3) is 0 Å². The minimum Gasteiger partial charge on any atom is -0.395 e. The van der Waals surface area contributed by atoms with Gasteiger partial charge in [0.05, 0.1) is 6.61 Å². The first-order valence-electron chi connectivity index (χ1n) is 4.48. The molecule has 2 N–H and O–H groups in total. The second-order valence-corrected chi connectivity index (χ2v) is 3.43. The summed E-state index contributed by atoms with van der Waals surface area (Å²) in [6.45, 7) is 5.86. The lowest BCUT2D eigenvalue weighted by atomic mass is 9.73. The average Bonchev–Trinajstić information content (AvgIpc) is 2.19. The number of rotatable bonds is 3. The van der Waals surface area contributed by atoms with E-state index in [0.717, 1.165) is 12.0 Å². The predicted molar refractivity (Wildman–Crippen MR) is 50.2 cm³/mol. The van der Waals surface area contributed by atoms with Crippen molar-refractivity contribution >= 4 is 0 Å². The molecule has 0 aromatic heterocycles. The zero-order chi connectivity index (χ0) is 9.90. The standard InChI is InChI=1S/C10H16O3/c1-3-10(7-11)6-4-5-9(13-12)8(10)2/h4,6,9,11-12H,2-3,5,7H2,1H3/t9-,10-/m0/s1. The summed E-state index contributed by atoms with van der Waals surface area (Å²) in [5.41, 5.74) is 0.341. The van der Waals surface area contributed by atoms with Crippen molar-refractivity contribution in [3.63, 3.8) is 0 Å². The quantitative estimate of drug-likeness (QED) is 0.399. The smallest absolute Gasteiger partial charge is 0.118 e. The fourth-order valence-electron chi connectivity index (χ4n) is 1.70. The number of hydrogen-bond acceptors (Lipinski definition) is 3. The van der Waals surface area contributed by atoms with Gasteiger partial charge in [-0.25, -0.2) is 4.89 Å². The molecule has 2 atom stereocenters. The van der Waals surface area contributed by atoms with Gasteiger partial charge >= 0.3 is 0 Å². The minimum absolute atomic E-state index is 0.0126. The molecular formula is C10H16O3. The van der Waals surface area contributed by atoms with E-state index in [1.807, 2.05) is 19.1 Å². The van der Waals surface area contributed by atoms with Gasteiger partial charge < -0.3 is 5.11 Å². The highest BCUT2D eigenvalue weighted by Gasteiger charge is 2.35. The Morgan fingerprint density at radius 3 is 2.92 bits per heavy atom. The summed E-state index contributed by atoms with van der Waals surface area (Å²) in [5.74, 6) is 0. The number of hydrogen-bond donors (Lipinski definition) is 2. The third-order valence-electron chi connectivity index (χ3n) is 2.86. The monoisotopic (exact) mass is 184 g/mol. The van der Waals surface area contributed by atoms with Gasteiger partial charge in [0, 0.05) is 5.41 Å². The zero-order valence-corrected chi connectivity index (χ0v) is 7.86. The fraction of sp³-hybridized carbons (Fsp3) is 0.600. The van der Waals surface area contributed by atoms with Crippen LogP contribution in [0.2, 0.25) is 0 Å². The fourth-order valence-corrected chi connectivity index (χ4v) is 1.70. The predicted octanol–water partition coefficient (Wildman–Crippen LogP) is 1.75. The summed E-state index contributed by atoms with van der Waals surface area (Å²) < 4.78 is 0. The minimum atomic E-state index is -0.411. The van der Waals surface area contributed by atoms with Crippen molar-refractivity contribution in [2.24, 2.45) is 5.41 Å². The Morgan fingerprint density at radius 2 is 2.46 bits per heavy atom. The van der Waals surface area contributed by atoms with Crippen LogP contribution in [0.5, 0.6) is 0 Å². The molecule has 0 aliphatic heterocycles. The van der Waals surface area contributed by atoms with Crippen molar-refractivity contribution in [1.29, 1.82) is 0 Å². The molecule has 0 radical (unpaired) electrons. The Kier molecular flexibility index (Phi) is 3.25. The maximum atomic E-state index is 9.28. The second kappa shape index (κ2) is 4.05. The third kappa shape index (κ3) is 1.68. The van der Waals surface area contributed by atoms with E-state index in [2.05, 4.69) is 11.5 Å². The van der Waals surface area contributed by atoms with Crippen molar-refractivity contribution in [2.75, 3.05) is 6.61 Å². The van der Waals surface area contributed by atoms with Crippen molar-refractivity contribution in [3.8, 4) is 0 Å². The Morgan fingerprint density at radius 1 is 1.77 bits per heavy atom. The Hall–Kier alpha value is -0.640. The third-order valence-corrected chi connectivity index (χ3v) is 2.86. The first-order valence-corrected chi connectivity index (χ1v) is 4.48. The summed E-state index contributed by atoms with van der Waals surface area (Å²) in [5, 5.41) is 17.9. The molecule has 1 aliphatic rings. The first kappa shape index (κ1) is 10.4. The van der Waals surface area contributed by atoms with E-state index in [0.29, 0.717) is 6.42 Å². The van der Waals surface area contributed by atoms with E-state index >= 15 is 0 Å². The van der Waals surface area contributed by atoms with Gasteiger partial charge in [-0.2, -0.15) is 0 Å². The van der Waals surface area contributed by atoms with Crippen molar-refractivity contribution < 1.29 is 15.3 Å². The van der Waals surface area contributed by atoms with Crippen molar-refractivity contribution in [2.45, 2.75) is 25.9 Å². The molecule has 0 aromatic rings. The van der Waals surface area contributed by atoms with Crippen LogP contribution in [0.4, 0.5) is 0 Å². The molecule has 0 saturated carbocycles. The van der Waals surface area contributed by atoms with Gasteiger partial charge in [0.15, 0.2) is 0 Å². The van der Waals surface area contributed by atoms with E-state index in [-0.39, 0.29) is 12.7 Å². The van der Waals surface area contributed by atoms with Gasteiger partial charge in [-0.05, 0) is 18.4 Å². The van der Waals surface area contributed by atoms with Crippen LogP contribution in [-0.2, 0) is 4.89 Å². The zero-order valence-electron chi connectivity index (χ0n) is 7.86. The largest absolute Gasteiger partial charge is 0.395 e. The SMILES string of the molecule is C=C1[C@@H](OO)CC=C[C@@]1(CC)CO. The lowest BCUT2D eigenvalue weighted by molar-refractivity contribution is -0.270. The molecule has 1 aliphatic carbocycles. The second-order valence-electron chi connectivity index (χ2n) is 3.43. The van der Waals surface area contributed by atoms with E-state index in [9.17, 15) is 5.11 Å². The summed E-state index contributed by atoms with van der Waals surface area (Å²) >= 11 is 0. The molecular weight excluding hydrogens is 168 g/mol. The van der Waals surface area contributed by atoms with Gasteiger partial charge in [0.1, 0.15) is 6.10 Å². The molecule has 0 aromatic carbocycles. The van der Waals surface area contributed by atoms with E-state index in [1.54, 1.807) is 0 Å². The molecule has 1 rings (SSSR count). The molecule has 13 heavy (non-hydrogen) atoms. The van der Waals surface area contributed by atoms with Gasteiger partial charge in [0.2, 0.25) is 0 Å². The van der Waals surface area contributed by atoms with Crippen LogP contribution in [-0.4, -0.2) is 23.1 Å². The maximum Gasteiger partial charge on any atom is 0.118 e. The normalized spacial score (nSPS) is 33.8. The molecule has 0 bridgehead atoms. The molecule has 0 saturated heterocycles. The number of aliphatic hydroxyl groups is 1. The van der Waals surface area contributed by atoms with Crippen LogP contribution < -0.4 is 0 Å². The Balaban J connectivity index is 2.91. The lowest BCUT2D eigenvalue weighted by Gasteiger charge is -2.36. The molecule has 0 unspecified atom stereocenters. The molecule has 0 fully saturated rings. The van der Waals surface area contributed by atoms with Crippen LogP contribution in [0.3, 0.4) is 0 Å². The van der Waals surface area contributed by atoms with Crippen LogP contribution >= 0.6 is 0 Å². The van der Waals surface area contributed by atoms with Crippen LogP contribution in [0, 0.1) is 5.41 Å². The van der Waals surface area contributed by atoms with Crippen LogP contribution in [0.25, 0.3) is 0 Å². The van der Waals surface area contributed by atoms with Gasteiger partial charge in [-0.15, -0.1) is 0 Å². The van der Waals surface area contributed by atoms with Crippen molar-refractivity contribution in [3.05, 3.63) is 24.3 Å². The van der Waals surface area contributed by atoms with E-state index < -0.39 is 5.41 Å². The summed E-state index contributed by atoms with van der Waals surface area (Å²) in [7, 11) is 0. The highest BCUT2D eigenvalue weighted by atomic mass is 17.1. The highest BCUT2D eigenvalue weighted by Crippen LogP contribution is 2.38. The molecule has 0 spiro atoms.